The fourth-order valence-electron chi connectivity index (χ4n) is 6.00. The topological polar surface area (TPSA) is 37.3 Å². The minimum absolute atomic E-state index is 0. The first-order valence-corrected chi connectivity index (χ1v) is 11.3. The third-order valence-electron chi connectivity index (χ3n) is 7.48. The molecule has 0 radical (unpaired) electrons. The number of aliphatic hydroxyl groups is 1. The van der Waals surface area contributed by atoms with Gasteiger partial charge >= 0.3 is 0 Å². The lowest BCUT2D eigenvalue weighted by Crippen LogP contribution is -3.18. The van der Waals surface area contributed by atoms with Gasteiger partial charge in [-0.25, -0.2) is 0 Å². The minimum atomic E-state index is -0.183. The van der Waals surface area contributed by atoms with Gasteiger partial charge in [0.1, 0.15) is 19.1 Å². The van der Waals surface area contributed by atoms with Gasteiger partial charge in [-0.2, -0.15) is 0 Å². The van der Waals surface area contributed by atoms with E-state index in [0.717, 1.165) is 39.3 Å². The van der Waals surface area contributed by atoms with E-state index in [4.69, 9.17) is 0 Å². The van der Waals surface area contributed by atoms with Gasteiger partial charge in [0.2, 0.25) is 0 Å². The highest BCUT2D eigenvalue weighted by molar-refractivity contribution is 5.87. The molecule has 0 spiro atoms. The second-order valence-electron chi connectivity index (χ2n) is 9.50. The average molecular weight is 492 g/mol. The molecule has 0 saturated carbocycles. The Bertz CT molecular complexity index is 866. The predicted molar refractivity (Wildman–Crippen MR) is 119 cm³/mol. The van der Waals surface area contributed by atoms with Crippen molar-refractivity contribution >= 4 is 23.3 Å². The first kappa shape index (κ1) is 26.7. The van der Waals surface area contributed by atoms with Crippen molar-refractivity contribution in [1.82, 2.24) is 9.47 Å². The minimum Gasteiger partial charge on any atom is -1.00 e. The number of likely N-dealkylation sites (N-methyl/N-ethyl adjacent to an activating group) is 1. The van der Waals surface area contributed by atoms with Gasteiger partial charge in [0.05, 0.1) is 31.9 Å². The van der Waals surface area contributed by atoms with Crippen LogP contribution in [0, 0.1) is 6.92 Å². The number of aromatic nitrogens is 1. The van der Waals surface area contributed by atoms with Gasteiger partial charge in [-0.15, -0.1) is 12.4 Å². The summed E-state index contributed by atoms with van der Waals surface area (Å²) in [6, 6.07) is 7.55. The number of fused-ring (bicyclic) bond motifs is 3. The van der Waals surface area contributed by atoms with Gasteiger partial charge in [-0.3, -0.25) is 4.90 Å². The van der Waals surface area contributed by atoms with Crippen LogP contribution in [0.25, 0.3) is 10.9 Å². The highest BCUT2D eigenvalue weighted by atomic mass is 35.5. The van der Waals surface area contributed by atoms with Crippen LogP contribution < -0.4 is 34.6 Å². The van der Waals surface area contributed by atoms with Gasteiger partial charge in [-0.05, 0) is 44.5 Å². The molecule has 1 aliphatic carbocycles. The normalized spacial score (nSPS) is 24.5. The lowest BCUT2D eigenvalue weighted by atomic mass is 9.89. The van der Waals surface area contributed by atoms with E-state index in [9.17, 15) is 5.11 Å². The van der Waals surface area contributed by atoms with Crippen LogP contribution in [0.15, 0.2) is 18.2 Å². The summed E-state index contributed by atoms with van der Waals surface area (Å²) in [4.78, 5) is 5.60. The van der Waals surface area contributed by atoms with Crippen LogP contribution in [0.1, 0.15) is 35.7 Å². The van der Waals surface area contributed by atoms with Crippen LogP contribution in [0.2, 0.25) is 0 Å². The number of benzene rings is 1. The molecule has 1 aromatic carbocycles. The molecule has 5 nitrogen and oxygen atoms in total. The number of quaternary nitrogens is 2. The highest BCUT2D eigenvalue weighted by Crippen LogP contribution is 2.37. The van der Waals surface area contributed by atoms with Crippen molar-refractivity contribution in [2.45, 2.75) is 44.9 Å². The van der Waals surface area contributed by atoms with Gasteiger partial charge in [0.25, 0.3) is 0 Å². The van der Waals surface area contributed by atoms with Crippen molar-refractivity contribution < 1.29 is 39.7 Å². The number of nitrogens with zero attached hydrogens (tertiary/aromatic N) is 2. The zero-order valence-corrected chi connectivity index (χ0v) is 21.0. The van der Waals surface area contributed by atoms with Crippen molar-refractivity contribution in [1.29, 1.82) is 0 Å². The summed E-state index contributed by atoms with van der Waals surface area (Å²) in [7, 11) is 2.20. The van der Waals surface area contributed by atoms with Gasteiger partial charge < -0.3 is 44.3 Å². The molecule has 3 atom stereocenters. The first-order valence-electron chi connectivity index (χ1n) is 11.3. The fourth-order valence-corrected chi connectivity index (χ4v) is 6.00. The molecule has 1 aromatic heterocycles. The lowest BCUT2D eigenvalue weighted by molar-refractivity contribution is -0.949. The molecule has 3 unspecified atom stereocenters. The zero-order valence-electron chi connectivity index (χ0n) is 18.7. The van der Waals surface area contributed by atoms with Crippen LogP contribution in [0.3, 0.4) is 0 Å². The van der Waals surface area contributed by atoms with Crippen molar-refractivity contribution in [3.63, 3.8) is 0 Å². The molecule has 5 rings (SSSR count). The van der Waals surface area contributed by atoms with Crippen molar-refractivity contribution in [3.8, 4) is 0 Å². The van der Waals surface area contributed by atoms with E-state index in [0.29, 0.717) is 6.04 Å². The number of hydrogen-bond acceptors (Lipinski definition) is 2. The summed E-state index contributed by atoms with van der Waals surface area (Å²) in [6.45, 7) is 10.9. The molecule has 2 aliphatic heterocycles. The number of hydrogen-bond donors (Lipinski definition) is 3. The van der Waals surface area contributed by atoms with E-state index in [2.05, 4.69) is 41.6 Å². The molecule has 1 fully saturated rings. The number of piperazine rings is 1. The van der Waals surface area contributed by atoms with E-state index in [1.165, 1.54) is 48.8 Å². The fraction of sp³-hybridized carbons (Fsp3) is 0.652. The second kappa shape index (κ2) is 11.1. The van der Waals surface area contributed by atoms with Crippen molar-refractivity contribution in [2.24, 2.45) is 0 Å². The molecule has 176 valence electrons. The Morgan fingerprint density at radius 3 is 2.58 bits per heavy atom. The second-order valence-corrected chi connectivity index (χ2v) is 9.50. The van der Waals surface area contributed by atoms with Crippen LogP contribution in [-0.4, -0.2) is 73.5 Å². The standard InChI is InChI=1S/C23H34N4O.3ClH/c1-17-6-7-21-20(14-17)19-4-3-5-22-23(19)27(21)13-12-26(22)16-18(28)15-25-10-8-24(2)9-11-25;;;/h6-7,14,18,22,28H,3-5,8-13,15-16H2,1-2H3;3*1H. The Morgan fingerprint density at radius 2 is 1.84 bits per heavy atom. The summed E-state index contributed by atoms with van der Waals surface area (Å²) in [5, 5.41) is 12.4. The van der Waals surface area contributed by atoms with Crippen LogP contribution >= 0.6 is 12.4 Å². The average Bonchev–Trinajstić information content (AvgIpc) is 3.00. The van der Waals surface area contributed by atoms with E-state index in [1.54, 1.807) is 21.1 Å². The summed E-state index contributed by atoms with van der Waals surface area (Å²) in [6.07, 6.45) is 3.59. The zero-order chi connectivity index (χ0) is 19.3. The summed E-state index contributed by atoms with van der Waals surface area (Å²) >= 11 is 0. The Hall–Kier alpha value is -0.530. The van der Waals surface area contributed by atoms with Crippen LogP contribution in [-0.2, 0) is 13.0 Å². The number of nitrogens with one attached hydrogen (secondary N) is 2. The summed E-state index contributed by atoms with van der Waals surface area (Å²) < 4.78 is 2.61. The monoisotopic (exact) mass is 490 g/mol. The number of rotatable bonds is 4. The predicted octanol–water partition coefficient (Wildman–Crippen LogP) is -6.15. The molecule has 1 saturated heterocycles. The maximum absolute atomic E-state index is 10.9. The van der Waals surface area contributed by atoms with Gasteiger partial charge in [-0.1, -0.05) is 11.6 Å². The molecule has 3 heterocycles. The smallest absolute Gasteiger partial charge is 0.152 e. The van der Waals surface area contributed by atoms with E-state index in [1.807, 2.05) is 0 Å². The van der Waals surface area contributed by atoms with E-state index in [-0.39, 0.29) is 43.3 Å². The van der Waals surface area contributed by atoms with Gasteiger partial charge in [0.15, 0.2) is 6.10 Å². The first-order chi connectivity index (χ1) is 13.6. The van der Waals surface area contributed by atoms with Crippen molar-refractivity contribution in [2.75, 3.05) is 52.9 Å². The maximum atomic E-state index is 10.9. The molecule has 8 heteroatoms. The van der Waals surface area contributed by atoms with Crippen LogP contribution in [0.4, 0.5) is 0 Å². The van der Waals surface area contributed by atoms with E-state index >= 15 is 0 Å². The molecule has 0 amide bonds. The Morgan fingerprint density at radius 1 is 1.10 bits per heavy atom. The molecule has 3 N–H and O–H groups in total. The van der Waals surface area contributed by atoms with Gasteiger partial charge in [0, 0.05) is 30.4 Å². The Balaban J connectivity index is 0.00000114. The van der Waals surface area contributed by atoms with Crippen LogP contribution in [0.5, 0.6) is 0 Å². The molecule has 31 heavy (non-hydrogen) atoms. The number of aliphatic hydroxyl groups excluding tert-OH is 1. The molecule has 3 aliphatic rings. The Kier molecular flexibility index (Phi) is 9.53. The number of halogens is 3. The summed E-state index contributed by atoms with van der Waals surface area (Å²) in [5.41, 5.74) is 5.99. The maximum Gasteiger partial charge on any atom is 0.152 e. The molecular weight excluding hydrogens is 455 g/mol. The quantitative estimate of drug-likeness (QED) is 0.398. The lowest BCUT2D eigenvalue weighted by Gasteiger charge is -2.38. The third kappa shape index (κ3) is 5.19. The molecular formula is C23H37Cl3N4O. The SMILES string of the molecule is Cc1ccc2c(c1)c1c3n2CC[NH+](CC(O)C[NH+]2CCN(C)CC2)C3CCC1.Cl.[Cl-].[Cl-]. The third-order valence-corrected chi connectivity index (χ3v) is 7.48. The molecule has 2 aromatic rings. The number of aryl methyl sites for hydroxylation is 2. The highest BCUT2D eigenvalue weighted by Gasteiger charge is 2.39. The van der Waals surface area contributed by atoms with E-state index < -0.39 is 0 Å². The summed E-state index contributed by atoms with van der Waals surface area (Å²) in [5.74, 6) is 0. The Labute approximate surface area is 205 Å². The van der Waals surface area contributed by atoms with Crippen molar-refractivity contribution in [3.05, 3.63) is 35.0 Å². The molecule has 0 bridgehead atoms. The largest absolute Gasteiger partial charge is 1.00 e.